The molecule has 0 radical (unpaired) electrons. The van der Waals surface area contributed by atoms with Gasteiger partial charge in [-0.1, -0.05) is 19.9 Å². The summed E-state index contributed by atoms with van der Waals surface area (Å²) in [7, 11) is 0. The minimum atomic E-state index is -0.381. The number of fused-ring (bicyclic) bond motifs is 1. The van der Waals surface area contributed by atoms with Gasteiger partial charge in [0.1, 0.15) is 5.75 Å². The lowest BCUT2D eigenvalue weighted by molar-refractivity contribution is -0.125. The summed E-state index contributed by atoms with van der Waals surface area (Å²) in [6.07, 6.45) is -0.381. The third kappa shape index (κ3) is 1.77. The van der Waals surface area contributed by atoms with E-state index in [2.05, 4.69) is 11.4 Å². The normalized spacial score (nSPS) is 19.1. The second-order valence-electron chi connectivity index (χ2n) is 4.73. The molecule has 1 N–H and O–H groups in total. The number of hydrogen-bond donors (Lipinski definition) is 1. The molecule has 0 aromatic heterocycles. The number of anilines is 1. The van der Waals surface area contributed by atoms with Crippen molar-refractivity contribution in [2.75, 3.05) is 5.32 Å². The number of benzene rings is 1. The summed E-state index contributed by atoms with van der Waals surface area (Å²) in [5, 5.41) is 2.91. The maximum absolute atomic E-state index is 11.8. The topological polar surface area (TPSA) is 38.3 Å². The van der Waals surface area contributed by atoms with E-state index in [1.807, 2.05) is 33.8 Å². The van der Waals surface area contributed by atoms with Gasteiger partial charge >= 0.3 is 0 Å². The molecule has 2 rings (SSSR count). The van der Waals surface area contributed by atoms with Gasteiger partial charge in [-0.2, -0.15) is 0 Å². The van der Waals surface area contributed by atoms with Gasteiger partial charge in [0.25, 0.3) is 5.91 Å². The van der Waals surface area contributed by atoms with E-state index in [0.717, 1.165) is 22.6 Å². The van der Waals surface area contributed by atoms with Crippen LogP contribution in [0.15, 0.2) is 12.1 Å². The summed E-state index contributed by atoms with van der Waals surface area (Å²) in [6.45, 7) is 7.98. The molecule has 1 aromatic carbocycles. The highest BCUT2D eigenvalue weighted by atomic mass is 16.5. The molecule has 1 unspecified atom stereocenters. The number of aryl methyl sites for hydroxylation is 2. The monoisotopic (exact) mass is 219 g/mol. The Hall–Kier alpha value is -1.51. The average Bonchev–Trinajstić information content (AvgIpc) is 2.15. The minimum absolute atomic E-state index is 0.0486. The van der Waals surface area contributed by atoms with Gasteiger partial charge < -0.3 is 10.1 Å². The van der Waals surface area contributed by atoms with E-state index in [0.29, 0.717) is 0 Å². The molecule has 1 aliphatic heterocycles. The van der Waals surface area contributed by atoms with Crippen LogP contribution < -0.4 is 10.1 Å². The Morgan fingerprint density at radius 2 is 2.00 bits per heavy atom. The summed E-state index contributed by atoms with van der Waals surface area (Å²) in [6, 6.07) is 4.00. The van der Waals surface area contributed by atoms with Gasteiger partial charge in [0.2, 0.25) is 0 Å². The summed E-state index contributed by atoms with van der Waals surface area (Å²) in [5.41, 5.74) is 2.99. The van der Waals surface area contributed by atoms with Crippen LogP contribution in [0.3, 0.4) is 0 Å². The number of hydrogen-bond acceptors (Lipinski definition) is 2. The van der Waals surface area contributed by atoms with E-state index in [4.69, 9.17) is 4.74 Å². The summed E-state index contributed by atoms with van der Waals surface area (Å²) in [4.78, 5) is 11.8. The molecule has 1 aliphatic rings. The molecule has 0 fully saturated rings. The fourth-order valence-electron chi connectivity index (χ4n) is 2.03. The zero-order chi connectivity index (χ0) is 11.9. The Balaban J connectivity index is 2.43. The third-order valence-corrected chi connectivity index (χ3v) is 2.79. The van der Waals surface area contributed by atoms with Crippen molar-refractivity contribution in [1.29, 1.82) is 0 Å². The van der Waals surface area contributed by atoms with Crippen molar-refractivity contribution in [3.63, 3.8) is 0 Å². The van der Waals surface area contributed by atoms with Crippen molar-refractivity contribution >= 4 is 11.6 Å². The molecular weight excluding hydrogens is 202 g/mol. The third-order valence-electron chi connectivity index (χ3n) is 2.79. The number of ether oxygens (including phenoxy) is 1. The zero-order valence-electron chi connectivity index (χ0n) is 10.1. The second-order valence-corrected chi connectivity index (χ2v) is 4.73. The number of amides is 1. The van der Waals surface area contributed by atoms with Gasteiger partial charge in [0, 0.05) is 0 Å². The molecule has 0 saturated carbocycles. The standard InChI is InChI=1S/C13H17NO2/c1-7(2)11-13(15)14-10-6-8(3)5-9(4)12(10)16-11/h5-7,11H,1-4H3,(H,14,15). The van der Waals surface area contributed by atoms with Gasteiger partial charge in [-0.15, -0.1) is 0 Å². The van der Waals surface area contributed by atoms with Crippen molar-refractivity contribution in [2.24, 2.45) is 5.92 Å². The lowest BCUT2D eigenvalue weighted by Crippen LogP contribution is -2.40. The first-order chi connectivity index (χ1) is 7.49. The van der Waals surface area contributed by atoms with Crippen molar-refractivity contribution in [1.82, 2.24) is 0 Å². The van der Waals surface area contributed by atoms with E-state index < -0.39 is 0 Å². The number of carbonyl (C=O) groups excluding carboxylic acids is 1. The first-order valence-electron chi connectivity index (χ1n) is 5.58. The van der Waals surface area contributed by atoms with Crippen LogP contribution in [0.5, 0.6) is 5.75 Å². The smallest absolute Gasteiger partial charge is 0.265 e. The highest BCUT2D eigenvalue weighted by molar-refractivity contribution is 5.98. The van der Waals surface area contributed by atoms with Crippen LogP contribution >= 0.6 is 0 Å². The fourth-order valence-corrected chi connectivity index (χ4v) is 2.03. The van der Waals surface area contributed by atoms with Gasteiger partial charge in [-0.05, 0) is 37.0 Å². The quantitative estimate of drug-likeness (QED) is 0.788. The van der Waals surface area contributed by atoms with E-state index in [1.54, 1.807) is 0 Å². The Bertz CT molecular complexity index is 438. The van der Waals surface area contributed by atoms with Crippen LogP contribution in [-0.4, -0.2) is 12.0 Å². The molecule has 3 nitrogen and oxygen atoms in total. The Morgan fingerprint density at radius 1 is 1.31 bits per heavy atom. The summed E-state index contributed by atoms with van der Waals surface area (Å²) in [5.74, 6) is 0.935. The Labute approximate surface area is 95.8 Å². The van der Waals surface area contributed by atoms with Crippen molar-refractivity contribution in [3.8, 4) is 5.75 Å². The lowest BCUT2D eigenvalue weighted by atomic mass is 10.0. The molecule has 1 aromatic rings. The molecule has 1 amide bonds. The van der Waals surface area contributed by atoms with E-state index >= 15 is 0 Å². The number of carbonyl (C=O) groups is 1. The van der Waals surface area contributed by atoms with Crippen LogP contribution in [0.1, 0.15) is 25.0 Å². The maximum atomic E-state index is 11.8. The largest absolute Gasteiger partial charge is 0.478 e. The summed E-state index contributed by atoms with van der Waals surface area (Å²) >= 11 is 0. The fraction of sp³-hybridized carbons (Fsp3) is 0.462. The predicted molar refractivity (Wildman–Crippen MR) is 63.8 cm³/mol. The molecular formula is C13H17NO2. The molecule has 16 heavy (non-hydrogen) atoms. The SMILES string of the molecule is Cc1cc(C)c2c(c1)NC(=O)C(C(C)C)O2. The molecule has 3 heteroatoms. The first kappa shape index (κ1) is 11.0. The predicted octanol–water partition coefficient (Wildman–Crippen LogP) is 2.66. The van der Waals surface area contributed by atoms with Crippen LogP contribution in [0.4, 0.5) is 5.69 Å². The average molecular weight is 219 g/mol. The van der Waals surface area contributed by atoms with E-state index in [-0.39, 0.29) is 17.9 Å². The van der Waals surface area contributed by atoms with Crippen molar-refractivity contribution in [3.05, 3.63) is 23.3 Å². The minimum Gasteiger partial charge on any atom is -0.478 e. The van der Waals surface area contributed by atoms with Gasteiger partial charge in [0.05, 0.1) is 5.69 Å². The van der Waals surface area contributed by atoms with Gasteiger partial charge in [0.15, 0.2) is 6.10 Å². The number of nitrogens with one attached hydrogen (secondary N) is 1. The van der Waals surface area contributed by atoms with Crippen LogP contribution in [-0.2, 0) is 4.79 Å². The molecule has 0 spiro atoms. The molecule has 0 bridgehead atoms. The second kappa shape index (κ2) is 3.81. The molecule has 1 heterocycles. The van der Waals surface area contributed by atoms with Crippen LogP contribution in [0.2, 0.25) is 0 Å². The molecule has 0 saturated heterocycles. The van der Waals surface area contributed by atoms with Crippen molar-refractivity contribution in [2.45, 2.75) is 33.8 Å². The van der Waals surface area contributed by atoms with E-state index in [1.165, 1.54) is 0 Å². The van der Waals surface area contributed by atoms with Crippen LogP contribution in [0, 0.1) is 19.8 Å². The molecule has 1 atom stereocenters. The maximum Gasteiger partial charge on any atom is 0.265 e. The van der Waals surface area contributed by atoms with Crippen molar-refractivity contribution < 1.29 is 9.53 Å². The lowest BCUT2D eigenvalue weighted by Gasteiger charge is -2.29. The highest BCUT2D eigenvalue weighted by Gasteiger charge is 2.30. The number of rotatable bonds is 1. The van der Waals surface area contributed by atoms with Gasteiger partial charge in [-0.3, -0.25) is 4.79 Å². The van der Waals surface area contributed by atoms with E-state index in [9.17, 15) is 4.79 Å². The Morgan fingerprint density at radius 3 is 2.62 bits per heavy atom. The Kier molecular flexibility index (Phi) is 2.62. The first-order valence-corrected chi connectivity index (χ1v) is 5.58. The molecule has 86 valence electrons. The van der Waals surface area contributed by atoms with Gasteiger partial charge in [-0.25, -0.2) is 0 Å². The van der Waals surface area contributed by atoms with Crippen LogP contribution in [0.25, 0.3) is 0 Å². The highest BCUT2D eigenvalue weighted by Crippen LogP contribution is 2.35. The molecule has 0 aliphatic carbocycles. The zero-order valence-corrected chi connectivity index (χ0v) is 10.1. The summed E-state index contributed by atoms with van der Waals surface area (Å²) < 4.78 is 5.78.